The van der Waals surface area contributed by atoms with Gasteiger partial charge in [-0.2, -0.15) is 0 Å². The summed E-state index contributed by atoms with van der Waals surface area (Å²) in [6.07, 6.45) is 3.20. The topological polar surface area (TPSA) is 79.3 Å². The maximum absolute atomic E-state index is 12.0. The second-order valence-electron chi connectivity index (χ2n) is 7.17. The molecule has 7 nitrogen and oxygen atoms in total. The molecule has 7 heteroatoms. The van der Waals surface area contributed by atoms with Crippen LogP contribution in [-0.4, -0.2) is 73.2 Å². The zero-order chi connectivity index (χ0) is 19.2. The molecule has 1 atom stereocenters. The van der Waals surface area contributed by atoms with Crippen molar-refractivity contribution in [3.63, 3.8) is 0 Å². The molecule has 1 aromatic rings. The molecular weight excluding hydrogens is 348 g/mol. The van der Waals surface area contributed by atoms with Crippen molar-refractivity contribution in [1.29, 1.82) is 0 Å². The Morgan fingerprint density at radius 2 is 2.04 bits per heavy atom. The molecule has 0 bridgehead atoms. The molecule has 148 valence electrons. The molecule has 3 rings (SSSR count). The molecule has 1 N–H and O–H groups in total. The maximum Gasteiger partial charge on any atom is 0.308 e. The van der Waals surface area contributed by atoms with Crippen molar-refractivity contribution >= 4 is 11.9 Å². The first-order valence-electron chi connectivity index (χ1n) is 9.60. The van der Waals surface area contributed by atoms with E-state index in [-0.39, 0.29) is 18.9 Å². The summed E-state index contributed by atoms with van der Waals surface area (Å²) in [4.78, 5) is 27.2. The van der Waals surface area contributed by atoms with Gasteiger partial charge in [-0.15, -0.1) is 0 Å². The highest BCUT2D eigenvalue weighted by molar-refractivity contribution is 5.86. The highest BCUT2D eigenvalue weighted by Gasteiger charge is 2.34. The Kier molecular flexibility index (Phi) is 6.55. The number of benzene rings is 1. The van der Waals surface area contributed by atoms with Gasteiger partial charge in [0.2, 0.25) is 5.91 Å². The van der Waals surface area contributed by atoms with Crippen LogP contribution in [0.4, 0.5) is 0 Å². The maximum atomic E-state index is 12.0. The number of aliphatic carboxylic acids is 1. The number of methoxy groups -OCH3 is 1. The Bertz CT molecular complexity index is 672. The predicted octanol–water partition coefficient (Wildman–Crippen LogP) is 1.65. The lowest BCUT2D eigenvalue weighted by molar-refractivity contribution is -0.141. The Hall–Kier alpha value is -2.28. The van der Waals surface area contributed by atoms with E-state index in [1.165, 1.54) is 12.8 Å². The van der Waals surface area contributed by atoms with Crippen molar-refractivity contribution in [3.05, 3.63) is 23.8 Å². The standard InChI is InChI=1S/C20H28N2O5/c1-26-17-6-4-5-15(19(17)27-12-11-21-8-2-3-9-21)7-10-22-14-16(20(24)25)13-18(22)23/h4-6,16H,2-3,7-14H2,1H3,(H,24,25). The minimum Gasteiger partial charge on any atom is -0.493 e. The average molecular weight is 376 g/mol. The first-order valence-corrected chi connectivity index (χ1v) is 9.60. The number of hydrogen-bond donors (Lipinski definition) is 1. The molecular formula is C20H28N2O5. The summed E-state index contributed by atoms with van der Waals surface area (Å²) < 4.78 is 11.5. The minimum absolute atomic E-state index is 0.0899. The van der Waals surface area contributed by atoms with Gasteiger partial charge in [0.1, 0.15) is 6.61 Å². The number of likely N-dealkylation sites (tertiary alicyclic amines) is 2. The van der Waals surface area contributed by atoms with Gasteiger partial charge in [-0.1, -0.05) is 12.1 Å². The number of carbonyl (C=O) groups is 2. The summed E-state index contributed by atoms with van der Waals surface area (Å²) in [5.74, 6) is -0.190. The van der Waals surface area contributed by atoms with Crippen LogP contribution in [0.15, 0.2) is 18.2 Å². The molecule has 2 saturated heterocycles. The molecule has 27 heavy (non-hydrogen) atoms. The van der Waals surface area contributed by atoms with E-state index in [1.807, 2.05) is 18.2 Å². The fourth-order valence-corrected chi connectivity index (χ4v) is 3.77. The van der Waals surface area contributed by atoms with Crippen LogP contribution in [0.25, 0.3) is 0 Å². The lowest BCUT2D eigenvalue weighted by Gasteiger charge is -2.20. The van der Waals surface area contributed by atoms with Crippen LogP contribution >= 0.6 is 0 Å². The minimum atomic E-state index is -0.904. The lowest BCUT2D eigenvalue weighted by Crippen LogP contribution is -2.28. The Labute approximate surface area is 159 Å². The lowest BCUT2D eigenvalue weighted by atomic mass is 10.1. The van der Waals surface area contributed by atoms with E-state index in [0.29, 0.717) is 25.3 Å². The number of amides is 1. The molecule has 2 fully saturated rings. The summed E-state index contributed by atoms with van der Waals surface area (Å²) in [6.45, 7) is 4.51. The molecule has 1 unspecified atom stereocenters. The van der Waals surface area contributed by atoms with E-state index in [4.69, 9.17) is 14.6 Å². The number of para-hydroxylation sites is 1. The molecule has 0 saturated carbocycles. The molecule has 2 aliphatic rings. The summed E-state index contributed by atoms with van der Waals surface area (Å²) in [7, 11) is 1.62. The van der Waals surface area contributed by atoms with E-state index < -0.39 is 11.9 Å². The smallest absolute Gasteiger partial charge is 0.308 e. The second-order valence-corrected chi connectivity index (χ2v) is 7.17. The molecule has 0 radical (unpaired) electrons. The van der Waals surface area contributed by atoms with Gasteiger partial charge in [0.15, 0.2) is 11.5 Å². The van der Waals surface area contributed by atoms with Crippen LogP contribution in [0.2, 0.25) is 0 Å². The predicted molar refractivity (Wildman–Crippen MR) is 100 cm³/mol. The number of carboxylic acids is 1. The van der Waals surface area contributed by atoms with Gasteiger partial charge < -0.3 is 19.5 Å². The van der Waals surface area contributed by atoms with Crippen LogP contribution in [0.1, 0.15) is 24.8 Å². The molecule has 0 aliphatic carbocycles. The van der Waals surface area contributed by atoms with Crippen molar-refractivity contribution in [2.75, 3.05) is 46.4 Å². The monoisotopic (exact) mass is 376 g/mol. The zero-order valence-corrected chi connectivity index (χ0v) is 15.9. The molecule has 2 heterocycles. The van der Waals surface area contributed by atoms with Crippen molar-refractivity contribution in [3.8, 4) is 11.5 Å². The highest BCUT2D eigenvalue weighted by atomic mass is 16.5. The number of carboxylic acid groups (broad SMARTS) is 1. The third kappa shape index (κ3) is 4.91. The van der Waals surface area contributed by atoms with E-state index in [0.717, 1.165) is 30.9 Å². The third-order valence-electron chi connectivity index (χ3n) is 5.35. The van der Waals surface area contributed by atoms with Crippen molar-refractivity contribution in [1.82, 2.24) is 9.80 Å². The average Bonchev–Trinajstić information content (AvgIpc) is 3.30. The SMILES string of the molecule is COc1cccc(CCN2CC(C(=O)O)CC2=O)c1OCCN1CCCC1. The van der Waals surface area contributed by atoms with Crippen LogP contribution < -0.4 is 9.47 Å². The van der Waals surface area contributed by atoms with Crippen molar-refractivity contribution in [2.24, 2.45) is 5.92 Å². The Balaban J connectivity index is 1.60. The van der Waals surface area contributed by atoms with E-state index >= 15 is 0 Å². The number of nitrogens with zero attached hydrogens (tertiary/aromatic N) is 2. The molecule has 1 amide bonds. The zero-order valence-electron chi connectivity index (χ0n) is 15.9. The highest BCUT2D eigenvalue weighted by Crippen LogP contribution is 2.32. The van der Waals surface area contributed by atoms with Gasteiger partial charge in [0, 0.05) is 26.1 Å². The van der Waals surface area contributed by atoms with Gasteiger partial charge in [0.25, 0.3) is 0 Å². The first kappa shape index (κ1) is 19.5. The molecule has 0 spiro atoms. The van der Waals surface area contributed by atoms with Crippen molar-refractivity contribution in [2.45, 2.75) is 25.7 Å². The second kappa shape index (κ2) is 9.08. The fraction of sp³-hybridized carbons (Fsp3) is 0.600. The van der Waals surface area contributed by atoms with Crippen LogP contribution in [0, 0.1) is 5.92 Å². The van der Waals surface area contributed by atoms with Crippen LogP contribution in [0.5, 0.6) is 11.5 Å². The first-order chi connectivity index (χ1) is 13.1. The van der Waals surface area contributed by atoms with Gasteiger partial charge in [-0.05, 0) is 44.0 Å². The summed E-state index contributed by atoms with van der Waals surface area (Å²) >= 11 is 0. The molecule has 1 aromatic carbocycles. The van der Waals surface area contributed by atoms with E-state index in [1.54, 1.807) is 12.0 Å². The van der Waals surface area contributed by atoms with Gasteiger partial charge in [0.05, 0.1) is 13.0 Å². The third-order valence-corrected chi connectivity index (χ3v) is 5.35. The fourth-order valence-electron chi connectivity index (χ4n) is 3.77. The summed E-state index contributed by atoms with van der Waals surface area (Å²) in [5.41, 5.74) is 0.974. The number of carbonyl (C=O) groups excluding carboxylic acids is 1. The van der Waals surface area contributed by atoms with Crippen LogP contribution in [0.3, 0.4) is 0 Å². The Morgan fingerprint density at radius 1 is 1.26 bits per heavy atom. The van der Waals surface area contributed by atoms with Gasteiger partial charge in [-0.25, -0.2) is 0 Å². The summed E-state index contributed by atoms with van der Waals surface area (Å²) in [6, 6.07) is 5.76. The van der Waals surface area contributed by atoms with Crippen molar-refractivity contribution < 1.29 is 24.2 Å². The van der Waals surface area contributed by atoms with Gasteiger partial charge >= 0.3 is 5.97 Å². The quantitative estimate of drug-likeness (QED) is 0.706. The number of ether oxygens (including phenoxy) is 2. The van der Waals surface area contributed by atoms with Gasteiger partial charge in [-0.3, -0.25) is 14.5 Å². The number of hydrogen-bond acceptors (Lipinski definition) is 5. The molecule has 0 aromatic heterocycles. The largest absolute Gasteiger partial charge is 0.493 e. The van der Waals surface area contributed by atoms with Crippen LogP contribution in [-0.2, 0) is 16.0 Å². The molecule has 2 aliphatic heterocycles. The Morgan fingerprint density at radius 3 is 2.70 bits per heavy atom. The number of rotatable bonds is 9. The normalized spacial score (nSPS) is 20.3. The summed E-state index contributed by atoms with van der Waals surface area (Å²) in [5, 5.41) is 9.11. The van der Waals surface area contributed by atoms with E-state index in [9.17, 15) is 9.59 Å². The van der Waals surface area contributed by atoms with E-state index in [2.05, 4.69) is 4.90 Å².